The van der Waals surface area contributed by atoms with Crippen LogP contribution in [0.5, 0.6) is 0 Å². The maximum absolute atomic E-state index is 12.9. The van der Waals surface area contributed by atoms with Crippen molar-refractivity contribution in [3.05, 3.63) is 80.5 Å². The van der Waals surface area contributed by atoms with Gasteiger partial charge in [0.05, 0.1) is 0 Å². The van der Waals surface area contributed by atoms with Gasteiger partial charge in [0.1, 0.15) is 0 Å². The molecule has 1 aliphatic rings. The molecule has 10 heteroatoms. The third kappa shape index (κ3) is 5.03. The Morgan fingerprint density at radius 1 is 1.03 bits per heavy atom. The average molecular weight is 525 g/mol. The van der Waals surface area contributed by atoms with Crippen LogP contribution in [0, 0.1) is 5.92 Å². The molecule has 1 atom stereocenters. The first-order valence-corrected chi connectivity index (χ1v) is 13.4. The third-order valence-corrected chi connectivity index (χ3v) is 8.07. The lowest BCUT2D eigenvalue weighted by Gasteiger charge is -2.37. The van der Waals surface area contributed by atoms with E-state index >= 15 is 0 Å². The number of nitrogens with zero attached hydrogens (tertiary/aromatic N) is 5. The summed E-state index contributed by atoms with van der Waals surface area (Å²) in [5, 5.41) is 0.722. The number of imidazole rings is 1. The van der Waals surface area contributed by atoms with E-state index in [1.54, 1.807) is 18.8 Å². The molecule has 0 radical (unpaired) electrons. The lowest BCUT2D eigenvalue weighted by Crippen LogP contribution is -2.47. The maximum atomic E-state index is 12.9. The van der Waals surface area contributed by atoms with Crippen LogP contribution < -0.4 is 21.0 Å². The first kappa shape index (κ1) is 24.5. The van der Waals surface area contributed by atoms with Gasteiger partial charge in [-0.15, -0.1) is 11.8 Å². The number of anilines is 2. The number of rotatable bonds is 7. The summed E-state index contributed by atoms with van der Waals surface area (Å²) >= 11 is 8.00. The predicted octanol–water partition coefficient (Wildman–Crippen LogP) is 3.83. The van der Waals surface area contributed by atoms with E-state index in [1.807, 2.05) is 41.0 Å². The SMILES string of the molecule is CC(CSc1ccccc1)Cn1c(N2CCN(c3cccc(Cl)c3)CC2)nc2c1c(=O)[nH]c(=O)n2C. The van der Waals surface area contributed by atoms with Crippen LogP contribution in [0.1, 0.15) is 6.92 Å². The topological polar surface area (TPSA) is 79.2 Å². The van der Waals surface area contributed by atoms with E-state index in [0.29, 0.717) is 17.7 Å². The highest BCUT2D eigenvalue weighted by molar-refractivity contribution is 7.99. The summed E-state index contributed by atoms with van der Waals surface area (Å²) in [7, 11) is 1.65. The molecular weight excluding hydrogens is 496 g/mol. The number of aryl methyl sites for hydroxylation is 1. The Labute approximate surface area is 218 Å². The zero-order valence-corrected chi connectivity index (χ0v) is 21.9. The predicted molar refractivity (Wildman–Crippen MR) is 148 cm³/mol. The Hall–Kier alpha value is -3.17. The number of benzene rings is 2. The molecule has 188 valence electrons. The van der Waals surface area contributed by atoms with Crippen molar-refractivity contribution in [1.82, 2.24) is 19.1 Å². The molecule has 3 heterocycles. The monoisotopic (exact) mass is 524 g/mol. The van der Waals surface area contributed by atoms with E-state index in [4.69, 9.17) is 16.6 Å². The van der Waals surface area contributed by atoms with Gasteiger partial charge < -0.3 is 14.4 Å². The minimum atomic E-state index is -0.456. The fraction of sp³-hybridized carbons (Fsp3) is 0.346. The Morgan fingerprint density at radius 2 is 1.75 bits per heavy atom. The molecule has 2 aromatic carbocycles. The molecule has 5 rings (SSSR count). The van der Waals surface area contributed by atoms with E-state index in [2.05, 4.69) is 39.9 Å². The second kappa shape index (κ2) is 10.4. The van der Waals surface area contributed by atoms with Crippen molar-refractivity contribution in [1.29, 1.82) is 0 Å². The minimum absolute atomic E-state index is 0.274. The molecular formula is C26H29ClN6O2S. The van der Waals surface area contributed by atoms with Gasteiger partial charge >= 0.3 is 5.69 Å². The molecule has 1 unspecified atom stereocenters. The number of thioether (sulfide) groups is 1. The van der Waals surface area contributed by atoms with Gasteiger partial charge in [0.15, 0.2) is 11.2 Å². The number of halogens is 1. The summed E-state index contributed by atoms with van der Waals surface area (Å²) in [6.45, 7) is 5.90. The third-order valence-electron chi connectivity index (χ3n) is 6.49. The first-order valence-electron chi connectivity index (χ1n) is 12.0. The van der Waals surface area contributed by atoms with Crippen LogP contribution in [0.25, 0.3) is 11.2 Å². The highest BCUT2D eigenvalue weighted by atomic mass is 35.5. The summed E-state index contributed by atoms with van der Waals surface area (Å²) in [5.41, 5.74) is 1.11. The Bertz CT molecular complexity index is 1470. The molecule has 0 saturated carbocycles. The van der Waals surface area contributed by atoms with Gasteiger partial charge in [-0.05, 0) is 36.2 Å². The number of H-pyrrole nitrogens is 1. The highest BCUT2D eigenvalue weighted by Gasteiger charge is 2.26. The largest absolute Gasteiger partial charge is 0.368 e. The van der Waals surface area contributed by atoms with Crippen molar-refractivity contribution < 1.29 is 0 Å². The molecule has 1 fully saturated rings. The lowest BCUT2D eigenvalue weighted by atomic mass is 10.2. The van der Waals surface area contributed by atoms with Gasteiger partial charge in [0, 0.05) is 61.1 Å². The van der Waals surface area contributed by atoms with Crippen LogP contribution in [0.2, 0.25) is 5.02 Å². The lowest BCUT2D eigenvalue weighted by molar-refractivity contribution is 0.527. The standard InChI is InChI=1S/C26H29ClN6O2S/c1-18(17-36-21-9-4-3-5-10-21)16-33-22-23(30(2)26(35)29-24(22)34)28-25(33)32-13-11-31(12-14-32)20-8-6-7-19(27)15-20/h3-10,15,18H,11-14,16-17H2,1-2H3,(H,29,34,35). The molecule has 0 spiro atoms. The summed E-state index contributed by atoms with van der Waals surface area (Å²) in [6, 6.07) is 18.2. The zero-order valence-electron chi connectivity index (χ0n) is 20.4. The Morgan fingerprint density at radius 3 is 2.47 bits per heavy atom. The zero-order chi connectivity index (χ0) is 25.2. The van der Waals surface area contributed by atoms with Gasteiger partial charge in [-0.3, -0.25) is 14.3 Å². The summed E-state index contributed by atoms with van der Waals surface area (Å²) < 4.78 is 3.42. The van der Waals surface area contributed by atoms with Crippen LogP contribution in [-0.4, -0.2) is 51.0 Å². The molecule has 2 aromatic heterocycles. The van der Waals surface area contributed by atoms with E-state index in [-0.39, 0.29) is 5.92 Å². The number of fused-ring (bicyclic) bond motifs is 1. The number of hydrogen-bond donors (Lipinski definition) is 1. The van der Waals surface area contributed by atoms with Gasteiger partial charge in [0.2, 0.25) is 5.95 Å². The van der Waals surface area contributed by atoms with E-state index in [0.717, 1.165) is 48.6 Å². The number of nitrogens with one attached hydrogen (secondary N) is 1. The van der Waals surface area contributed by atoms with E-state index < -0.39 is 11.2 Å². The van der Waals surface area contributed by atoms with E-state index in [1.165, 1.54) is 9.46 Å². The summed E-state index contributed by atoms with van der Waals surface area (Å²) in [5.74, 6) is 1.91. The van der Waals surface area contributed by atoms with Crippen LogP contribution >= 0.6 is 23.4 Å². The number of piperazine rings is 1. The first-order chi connectivity index (χ1) is 17.4. The van der Waals surface area contributed by atoms with Crippen LogP contribution in [0.15, 0.2) is 69.1 Å². The van der Waals surface area contributed by atoms with Gasteiger partial charge in [0.25, 0.3) is 5.56 Å². The molecule has 8 nitrogen and oxygen atoms in total. The maximum Gasteiger partial charge on any atom is 0.329 e. The molecule has 4 aromatic rings. The van der Waals surface area contributed by atoms with Crippen molar-refractivity contribution in [2.24, 2.45) is 13.0 Å². The number of aromatic nitrogens is 4. The normalized spacial score (nSPS) is 15.0. The van der Waals surface area contributed by atoms with Crippen LogP contribution in [-0.2, 0) is 13.6 Å². The molecule has 0 bridgehead atoms. The molecule has 1 aliphatic heterocycles. The summed E-state index contributed by atoms with van der Waals surface area (Å²) in [6.07, 6.45) is 0. The van der Waals surface area contributed by atoms with Gasteiger partial charge in [-0.1, -0.05) is 42.8 Å². The van der Waals surface area contributed by atoms with Crippen molar-refractivity contribution in [2.75, 3.05) is 41.7 Å². The fourth-order valence-corrected chi connectivity index (χ4v) is 5.71. The van der Waals surface area contributed by atoms with Crippen LogP contribution in [0.3, 0.4) is 0 Å². The minimum Gasteiger partial charge on any atom is -0.368 e. The van der Waals surface area contributed by atoms with Crippen molar-refractivity contribution in [2.45, 2.75) is 18.4 Å². The highest BCUT2D eigenvalue weighted by Crippen LogP contribution is 2.27. The molecule has 36 heavy (non-hydrogen) atoms. The molecule has 0 amide bonds. The van der Waals surface area contributed by atoms with Gasteiger partial charge in [-0.25, -0.2) is 4.79 Å². The quantitative estimate of drug-likeness (QED) is 0.370. The average Bonchev–Trinajstić information content (AvgIpc) is 3.26. The smallest absolute Gasteiger partial charge is 0.329 e. The van der Waals surface area contributed by atoms with E-state index in [9.17, 15) is 9.59 Å². The summed E-state index contributed by atoms with van der Waals surface area (Å²) in [4.78, 5) is 38.2. The second-order valence-corrected chi connectivity index (χ2v) is 10.7. The van der Waals surface area contributed by atoms with Crippen LogP contribution in [0.4, 0.5) is 11.6 Å². The van der Waals surface area contributed by atoms with Crippen molar-refractivity contribution >= 4 is 46.2 Å². The number of hydrogen-bond acceptors (Lipinski definition) is 6. The number of aromatic amines is 1. The second-order valence-electron chi connectivity index (χ2n) is 9.20. The Balaban J connectivity index is 1.42. The van der Waals surface area contributed by atoms with Gasteiger partial charge in [-0.2, -0.15) is 4.98 Å². The fourth-order valence-electron chi connectivity index (χ4n) is 4.59. The molecule has 1 N–H and O–H groups in total. The molecule has 1 saturated heterocycles. The molecule has 0 aliphatic carbocycles. The van der Waals surface area contributed by atoms with Crippen molar-refractivity contribution in [3.63, 3.8) is 0 Å². The van der Waals surface area contributed by atoms with Crippen molar-refractivity contribution in [3.8, 4) is 0 Å². The Kier molecular flexibility index (Phi) is 7.11.